The zero-order valence-corrected chi connectivity index (χ0v) is 16.4. The molecule has 0 saturated heterocycles. The molecular formula is C20H23Cl2N2O2+. The van der Waals surface area contributed by atoms with Gasteiger partial charge in [-0.2, -0.15) is 0 Å². The van der Waals surface area contributed by atoms with Crippen molar-refractivity contribution in [3.05, 3.63) is 58.1 Å². The molecule has 0 radical (unpaired) electrons. The lowest BCUT2D eigenvalue weighted by Crippen LogP contribution is -3.16. The van der Waals surface area contributed by atoms with E-state index < -0.39 is 0 Å². The van der Waals surface area contributed by atoms with Crippen LogP contribution in [0.4, 0.5) is 5.69 Å². The molecule has 1 aliphatic rings. The number of rotatable bonds is 7. The first-order chi connectivity index (χ1) is 12.5. The van der Waals surface area contributed by atoms with Crippen LogP contribution in [0.1, 0.15) is 25.3 Å². The highest BCUT2D eigenvalue weighted by Gasteiger charge is 2.39. The fourth-order valence-corrected chi connectivity index (χ4v) is 3.54. The van der Waals surface area contributed by atoms with E-state index in [0.29, 0.717) is 21.8 Å². The second-order valence-electron chi connectivity index (χ2n) is 6.71. The highest BCUT2D eigenvalue weighted by Crippen LogP contribution is 2.25. The van der Waals surface area contributed by atoms with Crippen LogP contribution in [-0.2, 0) is 11.3 Å². The topological polar surface area (TPSA) is 42.8 Å². The largest absolute Gasteiger partial charge is 0.497 e. The highest BCUT2D eigenvalue weighted by atomic mass is 35.5. The molecule has 1 unspecified atom stereocenters. The molecule has 0 aromatic heterocycles. The molecule has 2 aromatic carbocycles. The van der Waals surface area contributed by atoms with Crippen molar-refractivity contribution in [3.8, 4) is 5.75 Å². The number of nitrogens with one attached hydrogen (secondary N) is 2. The minimum absolute atomic E-state index is 0.0374. The van der Waals surface area contributed by atoms with Crippen molar-refractivity contribution in [2.75, 3.05) is 12.4 Å². The predicted octanol–water partition coefficient (Wildman–Crippen LogP) is 3.58. The van der Waals surface area contributed by atoms with Crippen LogP contribution in [0.2, 0.25) is 10.0 Å². The molecule has 2 atom stereocenters. The molecule has 138 valence electrons. The summed E-state index contributed by atoms with van der Waals surface area (Å²) in [5, 5.41) is 3.93. The molecule has 6 heteroatoms. The van der Waals surface area contributed by atoms with Gasteiger partial charge >= 0.3 is 0 Å². The third-order valence-corrected chi connectivity index (χ3v) is 5.36. The summed E-state index contributed by atoms with van der Waals surface area (Å²) in [6.07, 6.45) is 2.32. The van der Waals surface area contributed by atoms with Crippen LogP contribution in [0.5, 0.6) is 5.75 Å². The van der Waals surface area contributed by atoms with E-state index in [-0.39, 0.29) is 11.9 Å². The molecular weight excluding hydrogens is 371 g/mol. The Kier molecular flexibility index (Phi) is 6.07. The molecule has 3 rings (SSSR count). The summed E-state index contributed by atoms with van der Waals surface area (Å²) in [5.74, 6) is 0.800. The van der Waals surface area contributed by atoms with E-state index in [9.17, 15) is 4.79 Å². The van der Waals surface area contributed by atoms with Crippen LogP contribution in [0, 0.1) is 0 Å². The van der Waals surface area contributed by atoms with Crippen LogP contribution in [0.25, 0.3) is 0 Å². The Bertz CT molecular complexity index is 776. The number of hydrogen-bond donors (Lipinski definition) is 2. The summed E-state index contributed by atoms with van der Waals surface area (Å²) in [6.45, 7) is 2.77. The van der Waals surface area contributed by atoms with Crippen LogP contribution < -0.4 is 15.0 Å². The maximum absolute atomic E-state index is 12.8. The summed E-state index contributed by atoms with van der Waals surface area (Å²) < 4.78 is 5.21. The van der Waals surface area contributed by atoms with Crippen molar-refractivity contribution >= 4 is 34.8 Å². The van der Waals surface area contributed by atoms with E-state index in [0.717, 1.165) is 25.1 Å². The van der Waals surface area contributed by atoms with Gasteiger partial charge in [-0.05, 0) is 49.4 Å². The number of benzene rings is 2. The minimum Gasteiger partial charge on any atom is -0.497 e. The monoisotopic (exact) mass is 393 g/mol. The van der Waals surface area contributed by atoms with Crippen LogP contribution in [0.3, 0.4) is 0 Å². The first-order valence-corrected chi connectivity index (χ1v) is 9.48. The van der Waals surface area contributed by atoms with Crippen molar-refractivity contribution in [2.24, 2.45) is 0 Å². The van der Waals surface area contributed by atoms with Gasteiger partial charge in [0, 0.05) is 23.4 Å². The second-order valence-corrected chi connectivity index (χ2v) is 7.55. The van der Waals surface area contributed by atoms with Gasteiger partial charge in [-0.3, -0.25) is 4.79 Å². The molecule has 1 amide bonds. The van der Waals surface area contributed by atoms with Gasteiger partial charge in [0.15, 0.2) is 6.04 Å². The van der Waals surface area contributed by atoms with E-state index in [2.05, 4.69) is 17.4 Å². The normalized spacial score (nSPS) is 16.0. The van der Waals surface area contributed by atoms with E-state index in [1.807, 2.05) is 19.1 Å². The molecule has 0 bridgehead atoms. The van der Waals surface area contributed by atoms with Crippen molar-refractivity contribution < 1.29 is 14.4 Å². The highest BCUT2D eigenvalue weighted by molar-refractivity contribution is 6.36. The lowest BCUT2D eigenvalue weighted by Gasteiger charge is -2.25. The molecule has 1 saturated carbocycles. The standard InChI is InChI=1S/C20H22Cl2N2O2/c1-13(20(25)23-19-10-5-15(21)11-18(19)22)24(16-6-7-16)12-14-3-8-17(26-2)9-4-14/h3-5,8-11,13,16H,6-7,12H2,1-2H3,(H,23,25)/p+1/t13-/m1/s1. The lowest BCUT2D eigenvalue weighted by atomic mass is 10.1. The zero-order chi connectivity index (χ0) is 18.7. The summed E-state index contributed by atoms with van der Waals surface area (Å²) in [6, 6.07) is 13.5. The lowest BCUT2D eigenvalue weighted by molar-refractivity contribution is -0.938. The number of halogens is 2. The SMILES string of the molecule is COc1ccc(C[NH+](C2CC2)[C@H](C)C(=O)Nc2ccc(Cl)cc2Cl)cc1. The Balaban J connectivity index is 1.69. The minimum atomic E-state index is -0.184. The van der Waals surface area contributed by atoms with Crippen LogP contribution in [0.15, 0.2) is 42.5 Å². The Morgan fingerprint density at radius 3 is 2.50 bits per heavy atom. The third-order valence-electron chi connectivity index (χ3n) is 4.81. The number of anilines is 1. The Labute approximate surface area is 164 Å². The summed E-state index contributed by atoms with van der Waals surface area (Å²) >= 11 is 12.1. The maximum atomic E-state index is 12.8. The van der Waals surface area contributed by atoms with Crippen molar-refractivity contribution in [1.29, 1.82) is 0 Å². The molecule has 0 aliphatic heterocycles. The van der Waals surface area contributed by atoms with E-state index in [1.165, 1.54) is 10.5 Å². The molecule has 0 spiro atoms. The van der Waals surface area contributed by atoms with Crippen molar-refractivity contribution in [1.82, 2.24) is 0 Å². The number of carbonyl (C=O) groups excluding carboxylic acids is 1. The van der Waals surface area contributed by atoms with Crippen molar-refractivity contribution in [2.45, 2.75) is 38.4 Å². The first kappa shape index (κ1) is 19.0. The molecule has 26 heavy (non-hydrogen) atoms. The average Bonchev–Trinajstić information content (AvgIpc) is 3.47. The fourth-order valence-electron chi connectivity index (χ4n) is 3.08. The number of methoxy groups -OCH3 is 1. The molecule has 1 aliphatic carbocycles. The molecule has 2 aromatic rings. The van der Waals surface area contributed by atoms with Crippen molar-refractivity contribution in [3.63, 3.8) is 0 Å². The molecule has 1 fully saturated rings. The third kappa shape index (κ3) is 4.70. The van der Waals surface area contributed by atoms with Gasteiger partial charge in [0.1, 0.15) is 12.3 Å². The van der Waals surface area contributed by atoms with Gasteiger partial charge in [-0.1, -0.05) is 23.2 Å². The van der Waals surface area contributed by atoms with Gasteiger partial charge in [-0.25, -0.2) is 0 Å². The summed E-state index contributed by atoms with van der Waals surface area (Å²) in [4.78, 5) is 14.0. The Morgan fingerprint density at radius 1 is 1.23 bits per heavy atom. The van der Waals surface area contributed by atoms with E-state index in [4.69, 9.17) is 27.9 Å². The zero-order valence-electron chi connectivity index (χ0n) is 14.9. The number of amides is 1. The molecule has 0 heterocycles. The van der Waals surface area contributed by atoms with Gasteiger partial charge in [-0.15, -0.1) is 0 Å². The number of carbonyl (C=O) groups is 1. The predicted molar refractivity (Wildman–Crippen MR) is 105 cm³/mol. The van der Waals surface area contributed by atoms with Gasteiger partial charge in [0.2, 0.25) is 0 Å². The van der Waals surface area contributed by atoms with E-state index >= 15 is 0 Å². The molecule has 4 nitrogen and oxygen atoms in total. The smallest absolute Gasteiger partial charge is 0.282 e. The fraction of sp³-hybridized carbons (Fsp3) is 0.350. The number of quaternary nitrogens is 1. The van der Waals surface area contributed by atoms with E-state index in [1.54, 1.807) is 25.3 Å². The number of ether oxygens (including phenoxy) is 1. The maximum Gasteiger partial charge on any atom is 0.282 e. The van der Waals surface area contributed by atoms with Crippen LogP contribution >= 0.6 is 23.2 Å². The Hall–Kier alpha value is -1.75. The quantitative estimate of drug-likeness (QED) is 0.754. The average molecular weight is 394 g/mol. The van der Waals surface area contributed by atoms with Gasteiger partial charge in [0.05, 0.1) is 23.9 Å². The number of hydrogen-bond acceptors (Lipinski definition) is 2. The summed E-state index contributed by atoms with van der Waals surface area (Å²) in [7, 11) is 1.66. The first-order valence-electron chi connectivity index (χ1n) is 8.72. The van der Waals surface area contributed by atoms with Gasteiger partial charge < -0.3 is 15.0 Å². The van der Waals surface area contributed by atoms with Gasteiger partial charge in [0.25, 0.3) is 5.91 Å². The molecule has 2 N–H and O–H groups in total. The summed E-state index contributed by atoms with van der Waals surface area (Å²) in [5.41, 5.74) is 1.78. The van der Waals surface area contributed by atoms with Crippen LogP contribution in [-0.4, -0.2) is 25.1 Å². The second kappa shape index (κ2) is 8.30. The Morgan fingerprint density at radius 2 is 1.92 bits per heavy atom.